The molecule has 6 nitrogen and oxygen atoms in total. The molecule has 1 aliphatic rings. The molecule has 1 aromatic heterocycles. The number of nitrogens with two attached hydrogens (primary N) is 1. The van der Waals surface area contributed by atoms with Crippen molar-refractivity contribution in [3.05, 3.63) is 36.4 Å². The summed E-state index contributed by atoms with van der Waals surface area (Å²) in [6.45, 7) is 1.47. The Bertz CT molecular complexity index is 604. The highest BCUT2D eigenvalue weighted by Crippen LogP contribution is 2.24. The molecular formula is C15H19N5O. The zero-order valence-corrected chi connectivity index (χ0v) is 11.7. The third-order valence-corrected chi connectivity index (χ3v) is 3.61. The van der Waals surface area contributed by atoms with Crippen molar-refractivity contribution in [3.8, 4) is 11.4 Å². The number of anilines is 2. The number of hydrogen-bond donors (Lipinski definition) is 3. The average Bonchev–Trinajstić information content (AvgIpc) is 2.55. The van der Waals surface area contributed by atoms with Gasteiger partial charge in [0.2, 0.25) is 0 Å². The van der Waals surface area contributed by atoms with Crippen LogP contribution in [0.3, 0.4) is 0 Å². The minimum absolute atomic E-state index is 0.303. The normalized spacial score (nSPS) is 18.6. The van der Waals surface area contributed by atoms with E-state index >= 15 is 0 Å². The van der Waals surface area contributed by atoms with Crippen LogP contribution in [0.2, 0.25) is 0 Å². The van der Waals surface area contributed by atoms with Gasteiger partial charge in [0, 0.05) is 24.7 Å². The Morgan fingerprint density at radius 3 is 2.76 bits per heavy atom. The van der Waals surface area contributed by atoms with Crippen molar-refractivity contribution in [1.82, 2.24) is 9.97 Å². The lowest BCUT2D eigenvalue weighted by molar-refractivity contribution is 0.154. The summed E-state index contributed by atoms with van der Waals surface area (Å²) in [6, 6.07) is 11.6. The SMILES string of the molecule is NNc1cc(N2CCCC(O)C2)nc(-c2ccccc2)n1. The first kappa shape index (κ1) is 13.8. The van der Waals surface area contributed by atoms with Crippen molar-refractivity contribution >= 4 is 11.6 Å². The molecule has 0 bridgehead atoms. The minimum Gasteiger partial charge on any atom is -0.391 e. The van der Waals surface area contributed by atoms with Crippen LogP contribution in [-0.4, -0.2) is 34.3 Å². The quantitative estimate of drug-likeness (QED) is 0.583. The summed E-state index contributed by atoms with van der Waals surface area (Å²) in [6.07, 6.45) is 1.50. The van der Waals surface area contributed by atoms with Crippen molar-refractivity contribution < 1.29 is 5.11 Å². The molecule has 4 N–H and O–H groups in total. The molecule has 1 fully saturated rings. The molecular weight excluding hydrogens is 266 g/mol. The second kappa shape index (κ2) is 6.07. The van der Waals surface area contributed by atoms with E-state index in [4.69, 9.17) is 5.84 Å². The van der Waals surface area contributed by atoms with Gasteiger partial charge in [0.1, 0.15) is 11.6 Å². The number of nitrogen functional groups attached to an aromatic ring is 1. The number of aliphatic hydroxyl groups is 1. The summed E-state index contributed by atoms with van der Waals surface area (Å²) in [5.41, 5.74) is 3.53. The Morgan fingerprint density at radius 1 is 1.24 bits per heavy atom. The van der Waals surface area contributed by atoms with Crippen LogP contribution in [0.25, 0.3) is 11.4 Å². The Morgan fingerprint density at radius 2 is 2.05 bits per heavy atom. The van der Waals surface area contributed by atoms with Crippen molar-refractivity contribution in [3.63, 3.8) is 0 Å². The van der Waals surface area contributed by atoms with E-state index in [1.807, 2.05) is 36.4 Å². The van der Waals surface area contributed by atoms with Crippen molar-refractivity contribution in [2.45, 2.75) is 18.9 Å². The molecule has 2 aromatic rings. The Balaban J connectivity index is 1.97. The molecule has 0 saturated carbocycles. The Hall–Kier alpha value is -2.18. The van der Waals surface area contributed by atoms with Gasteiger partial charge in [-0.3, -0.25) is 0 Å². The fourth-order valence-electron chi connectivity index (χ4n) is 2.55. The van der Waals surface area contributed by atoms with Crippen LogP contribution < -0.4 is 16.2 Å². The van der Waals surface area contributed by atoms with Crippen LogP contribution in [-0.2, 0) is 0 Å². The molecule has 1 unspecified atom stereocenters. The molecule has 1 atom stereocenters. The topological polar surface area (TPSA) is 87.3 Å². The monoisotopic (exact) mass is 285 g/mol. The van der Waals surface area contributed by atoms with Crippen molar-refractivity contribution in [2.75, 3.05) is 23.4 Å². The van der Waals surface area contributed by atoms with Crippen LogP contribution in [0.15, 0.2) is 36.4 Å². The lowest BCUT2D eigenvalue weighted by atomic mass is 10.1. The maximum atomic E-state index is 9.83. The third kappa shape index (κ3) is 3.12. The van der Waals surface area contributed by atoms with Crippen LogP contribution >= 0.6 is 0 Å². The fourth-order valence-corrected chi connectivity index (χ4v) is 2.55. The summed E-state index contributed by atoms with van der Waals surface area (Å²) < 4.78 is 0. The fraction of sp³-hybridized carbons (Fsp3) is 0.333. The lowest BCUT2D eigenvalue weighted by Crippen LogP contribution is -2.38. The van der Waals surface area contributed by atoms with E-state index in [0.717, 1.165) is 30.8 Å². The molecule has 0 spiro atoms. The molecule has 3 rings (SSSR count). The molecule has 6 heteroatoms. The van der Waals surface area contributed by atoms with Gasteiger partial charge >= 0.3 is 0 Å². The van der Waals surface area contributed by atoms with Crippen molar-refractivity contribution in [2.24, 2.45) is 5.84 Å². The van der Waals surface area contributed by atoms with Gasteiger partial charge in [-0.15, -0.1) is 0 Å². The van der Waals surface area contributed by atoms with Crippen LogP contribution in [0.4, 0.5) is 11.6 Å². The number of rotatable bonds is 3. The average molecular weight is 285 g/mol. The summed E-state index contributed by atoms with van der Waals surface area (Å²) >= 11 is 0. The Kier molecular flexibility index (Phi) is 3.98. The number of piperidine rings is 1. The first-order chi connectivity index (χ1) is 10.3. The number of hydrogen-bond acceptors (Lipinski definition) is 6. The predicted molar refractivity (Wildman–Crippen MR) is 82.7 cm³/mol. The van der Waals surface area contributed by atoms with Crippen LogP contribution in [0, 0.1) is 0 Å². The summed E-state index contributed by atoms with van der Waals surface area (Å²) in [5, 5.41) is 9.83. The molecule has 1 aromatic carbocycles. The maximum absolute atomic E-state index is 9.83. The number of nitrogens with one attached hydrogen (secondary N) is 1. The molecule has 2 heterocycles. The van der Waals surface area contributed by atoms with Crippen molar-refractivity contribution in [1.29, 1.82) is 0 Å². The smallest absolute Gasteiger partial charge is 0.163 e. The highest BCUT2D eigenvalue weighted by atomic mass is 16.3. The lowest BCUT2D eigenvalue weighted by Gasteiger charge is -2.31. The third-order valence-electron chi connectivity index (χ3n) is 3.61. The van der Waals surface area contributed by atoms with E-state index < -0.39 is 0 Å². The summed E-state index contributed by atoms with van der Waals surface area (Å²) in [5.74, 6) is 7.50. The minimum atomic E-state index is -0.303. The van der Waals surface area contributed by atoms with Gasteiger partial charge < -0.3 is 15.4 Å². The van der Waals surface area contributed by atoms with Gasteiger partial charge in [-0.2, -0.15) is 0 Å². The van der Waals surface area contributed by atoms with Gasteiger partial charge in [0.25, 0.3) is 0 Å². The van der Waals surface area contributed by atoms with E-state index in [1.54, 1.807) is 0 Å². The molecule has 0 aliphatic carbocycles. The molecule has 21 heavy (non-hydrogen) atoms. The second-order valence-corrected chi connectivity index (χ2v) is 5.19. The van der Waals surface area contributed by atoms with Gasteiger partial charge in [-0.25, -0.2) is 15.8 Å². The molecule has 1 saturated heterocycles. The summed E-state index contributed by atoms with van der Waals surface area (Å²) in [4.78, 5) is 11.1. The highest BCUT2D eigenvalue weighted by Gasteiger charge is 2.20. The van der Waals surface area contributed by atoms with Gasteiger partial charge in [0.05, 0.1) is 6.10 Å². The highest BCUT2D eigenvalue weighted by molar-refractivity contribution is 5.61. The zero-order valence-electron chi connectivity index (χ0n) is 11.7. The molecule has 0 radical (unpaired) electrons. The first-order valence-electron chi connectivity index (χ1n) is 7.10. The predicted octanol–water partition coefficient (Wildman–Crippen LogP) is 1.39. The van der Waals surface area contributed by atoms with E-state index in [0.29, 0.717) is 18.2 Å². The first-order valence-corrected chi connectivity index (χ1v) is 7.10. The Labute approximate surface area is 123 Å². The van der Waals surface area contributed by atoms with Crippen LogP contribution in [0.1, 0.15) is 12.8 Å². The van der Waals surface area contributed by atoms with Gasteiger partial charge in [0.15, 0.2) is 5.82 Å². The largest absolute Gasteiger partial charge is 0.391 e. The van der Waals surface area contributed by atoms with E-state index in [1.165, 1.54) is 0 Å². The molecule has 0 amide bonds. The van der Waals surface area contributed by atoms with Gasteiger partial charge in [-0.05, 0) is 12.8 Å². The number of hydrazine groups is 1. The van der Waals surface area contributed by atoms with E-state index in [9.17, 15) is 5.11 Å². The number of aliphatic hydroxyl groups excluding tert-OH is 1. The zero-order chi connectivity index (χ0) is 14.7. The number of β-amino-alcohol motifs (C(OH)–C–C–N with tert-alkyl or cyclic N) is 1. The van der Waals surface area contributed by atoms with E-state index in [-0.39, 0.29) is 6.10 Å². The number of benzene rings is 1. The molecule has 1 aliphatic heterocycles. The number of nitrogens with zero attached hydrogens (tertiary/aromatic N) is 3. The standard InChI is InChI=1S/C15H19N5O/c16-19-13-9-14(20-8-4-7-12(21)10-20)18-15(17-13)11-5-2-1-3-6-11/h1-3,5-6,9,12,21H,4,7-8,10,16H2,(H,17,18,19). The van der Waals surface area contributed by atoms with Crippen LogP contribution in [0.5, 0.6) is 0 Å². The van der Waals surface area contributed by atoms with E-state index in [2.05, 4.69) is 20.3 Å². The number of aromatic nitrogens is 2. The second-order valence-electron chi connectivity index (χ2n) is 5.19. The summed E-state index contributed by atoms with van der Waals surface area (Å²) in [7, 11) is 0. The molecule has 110 valence electrons. The maximum Gasteiger partial charge on any atom is 0.163 e. The van der Waals surface area contributed by atoms with Gasteiger partial charge in [-0.1, -0.05) is 30.3 Å².